The number of carbonyl (C=O) groups excluding carboxylic acids is 1. The largest absolute Gasteiger partial charge is 0.502 e. The van der Waals surface area contributed by atoms with Gasteiger partial charge in [-0.3, -0.25) is 9.78 Å². The van der Waals surface area contributed by atoms with Crippen LogP contribution in [0.1, 0.15) is 15.9 Å². The quantitative estimate of drug-likeness (QED) is 0.702. The number of nitrogens with zero attached hydrogens (tertiary/aromatic N) is 1. The molecule has 1 heterocycles. The Labute approximate surface area is 144 Å². The molecule has 8 heteroatoms. The second-order valence-corrected chi connectivity index (χ2v) is 4.55. The van der Waals surface area contributed by atoms with Gasteiger partial charge in [0.25, 0.3) is 0 Å². The molecule has 25 heavy (non-hydrogen) atoms. The third-order valence-electron chi connectivity index (χ3n) is 2.87. The van der Waals surface area contributed by atoms with Gasteiger partial charge in [0.15, 0.2) is 11.5 Å². The summed E-state index contributed by atoms with van der Waals surface area (Å²) in [5.74, 6) is -1.15. The first kappa shape index (κ1) is 19.5. The molecule has 2 aromatic rings. The zero-order valence-electron chi connectivity index (χ0n) is 13.7. The summed E-state index contributed by atoms with van der Waals surface area (Å²) in [5.41, 5.74) is 5.94. The van der Waals surface area contributed by atoms with Crippen molar-refractivity contribution in [1.82, 2.24) is 4.98 Å². The van der Waals surface area contributed by atoms with E-state index in [-0.39, 0.29) is 17.2 Å². The Morgan fingerprint density at radius 3 is 2.16 bits per heavy atom. The van der Waals surface area contributed by atoms with Gasteiger partial charge in [0.1, 0.15) is 0 Å². The molecule has 0 saturated heterocycles. The number of carboxylic acids is 1. The van der Waals surface area contributed by atoms with Crippen molar-refractivity contribution in [1.29, 1.82) is 0 Å². The van der Waals surface area contributed by atoms with E-state index in [0.29, 0.717) is 11.1 Å². The van der Waals surface area contributed by atoms with E-state index in [4.69, 9.17) is 20.3 Å². The summed E-state index contributed by atoms with van der Waals surface area (Å²) in [5, 5.41) is 18.1. The van der Waals surface area contributed by atoms with Crippen LogP contribution < -0.4 is 15.2 Å². The summed E-state index contributed by atoms with van der Waals surface area (Å²) in [6, 6.07) is 6.31. The number of aromatic hydroxyl groups is 1. The Morgan fingerprint density at radius 2 is 1.80 bits per heavy atom. The normalized spacial score (nSPS) is 9.84. The van der Waals surface area contributed by atoms with Gasteiger partial charge in [0.2, 0.25) is 11.7 Å². The van der Waals surface area contributed by atoms with E-state index in [1.807, 2.05) is 0 Å². The lowest BCUT2D eigenvalue weighted by molar-refractivity contribution is -0.131. The van der Waals surface area contributed by atoms with Crippen molar-refractivity contribution in [2.45, 2.75) is 0 Å². The van der Waals surface area contributed by atoms with Crippen LogP contribution in [0.15, 0.2) is 42.7 Å². The van der Waals surface area contributed by atoms with Crippen molar-refractivity contribution in [3.05, 3.63) is 53.9 Å². The van der Waals surface area contributed by atoms with E-state index in [0.717, 1.165) is 6.08 Å². The number of carboxylic acid groups (broad SMARTS) is 1. The molecular formula is C17H18N2O6. The Kier molecular flexibility index (Phi) is 7.45. The fourth-order valence-electron chi connectivity index (χ4n) is 1.69. The van der Waals surface area contributed by atoms with Crippen molar-refractivity contribution >= 4 is 18.0 Å². The molecule has 0 aliphatic rings. The number of phenolic OH excluding ortho intramolecular Hbond substituents is 1. The number of ether oxygens (including phenoxy) is 2. The molecule has 4 N–H and O–H groups in total. The molecule has 1 aromatic heterocycles. The topological polar surface area (TPSA) is 132 Å². The minimum atomic E-state index is -1.05. The molecule has 0 aliphatic carbocycles. The van der Waals surface area contributed by atoms with Crippen LogP contribution in [0.2, 0.25) is 0 Å². The Balaban J connectivity index is 0.000000293. The lowest BCUT2D eigenvalue weighted by atomic mass is 10.1. The maximum Gasteiger partial charge on any atom is 0.328 e. The number of pyridine rings is 1. The van der Waals surface area contributed by atoms with Gasteiger partial charge in [-0.1, -0.05) is 0 Å². The molecule has 0 spiro atoms. The highest BCUT2D eigenvalue weighted by Gasteiger charge is 2.09. The van der Waals surface area contributed by atoms with Crippen LogP contribution in [0, 0.1) is 0 Å². The molecule has 0 radical (unpaired) electrons. The summed E-state index contributed by atoms with van der Waals surface area (Å²) in [7, 11) is 2.80. The van der Waals surface area contributed by atoms with Crippen molar-refractivity contribution in [3.8, 4) is 17.2 Å². The first-order valence-electron chi connectivity index (χ1n) is 6.94. The zero-order chi connectivity index (χ0) is 18.8. The van der Waals surface area contributed by atoms with Gasteiger partial charge in [-0.25, -0.2) is 4.79 Å². The van der Waals surface area contributed by atoms with Gasteiger partial charge in [-0.15, -0.1) is 0 Å². The van der Waals surface area contributed by atoms with Crippen LogP contribution in [0.5, 0.6) is 17.2 Å². The number of amides is 1. The lowest BCUT2D eigenvalue weighted by Gasteiger charge is -2.09. The molecule has 0 saturated carbocycles. The summed E-state index contributed by atoms with van der Waals surface area (Å²) in [6.07, 6.45) is 5.40. The number of aliphatic carboxylic acids is 1. The predicted molar refractivity (Wildman–Crippen MR) is 90.6 cm³/mol. The minimum absolute atomic E-state index is 0.113. The summed E-state index contributed by atoms with van der Waals surface area (Å²) in [4.78, 5) is 24.4. The number of hydrogen-bond donors (Lipinski definition) is 3. The molecule has 0 fully saturated rings. The molecule has 8 nitrogen and oxygen atoms in total. The van der Waals surface area contributed by atoms with Crippen LogP contribution in [-0.4, -0.2) is 41.3 Å². The predicted octanol–water partition coefficient (Wildman–Crippen LogP) is 1.69. The zero-order valence-corrected chi connectivity index (χ0v) is 13.7. The molecule has 0 atom stereocenters. The van der Waals surface area contributed by atoms with E-state index in [1.165, 1.54) is 38.6 Å². The van der Waals surface area contributed by atoms with Crippen molar-refractivity contribution in [2.75, 3.05) is 14.2 Å². The number of benzene rings is 1. The second-order valence-electron chi connectivity index (χ2n) is 4.55. The van der Waals surface area contributed by atoms with Crippen LogP contribution in [0.3, 0.4) is 0 Å². The van der Waals surface area contributed by atoms with E-state index >= 15 is 0 Å². The average molecular weight is 346 g/mol. The maximum atomic E-state index is 10.4. The van der Waals surface area contributed by atoms with E-state index in [1.54, 1.807) is 18.3 Å². The molecule has 1 aromatic carbocycles. The number of hydrogen-bond acceptors (Lipinski definition) is 6. The number of rotatable bonds is 5. The third-order valence-corrected chi connectivity index (χ3v) is 2.87. The van der Waals surface area contributed by atoms with Crippen molar-refractivity contribution in [3.63, 3.8) is 0 Å². The van der Waals surface area contributed by atoms with Gasteiger partial charge < -0.3 is 25.4 Å². The highest BCUT2D eigenvalue weighted by atomic mass is 16.5. The number of carbonyl (C=O) groups is 2. The number of aromatic nitrogens is 1. The van der Waals surface area contributed by atoms with Gasteiger partial charge in [-0.05, 0) is 35.9 Å². The molecule has 0 unspecified atom stereocenters. The Morgan fingerprint density at radius 1 is 1.20 bits per heavy atom. The van der Waals surface area contributed by atoms with E-state index in [2.05, 4.69) is 4.98 Å². The first-order chi connectivity index (χ1) is 11.9. The smallest absolute Gasteiger partial charge is 0.328 e. The van der Waals surface area contributed by atoms with E-state index < -0.39 is 11.9 Å². The molecule has 0 bridgehead atoms. The Hall–Kier alpha value is -3.55. The first-order valence-corrected chi connectivity index (χ1v) is 6.94. The van der Waals surface area contributed by atoms with Crippen molar-refractivity contribution < 1.29 is 29.3 Å². The average Bonchev–Trinajstić information content (AvgIpc) is 2.62. The monoisotopic (exact) mass is 346 g/mol. The number of primary amides is 1. The van der Waals surface area contributed by atoms with Gasteiger partial charge >= 0.3 is 5.97 Å². The SMILES string of the molecule is COc1cc(/C=C/C(=O)O)cc(OC)c1O.NC(=O)c1cccnc1. The molecule has 0 aliphatic heterocycles. The molecular weight excluding hydrogens is 328 g/mol. The molecule has 2 rings (SSSR count). The van der Waals surface area contributed by atoms with E-state index in [9.17, 15) is 14.7 Å². The number of nitrogens with two attached hydrogens (primary N) is 1. The van der Waals surface area contributed by atoms with Crippen LogP contribution >= 0.6 is 0 Å². The highest BCUT2D eigenvalue weighted by molar-refractivity contribution is 5.92. The molecule has 1 amide bonds. The van der Waals surface area contributed by atoms with Crippen LogP contribution in [0.25, 0.3) is 6.08 Å². The summed E-state index contributed by atoms with van der Waals surface area (Å²) >= 11 is 0. The molecule has 132 valence electrons. The second kappa shape index (κ2) is 9.56. The van der Waals surface area contributed by atoms with Gasteiger partial charge in [0, 0.05) is 18.5 Å². The fourth-order valence-corrected chi connectivity index (χ4v) is 1.69. The van der Waals surface area contributed by atoms with Crippen LogP contribution in [0.4, 0.5) is 0 Å². The summed E-state index contributed by atoms with van der Waals surface area (Å²) in [6.45, 7) is 0. The minimum Gasteiger partial charge on any atom is -0.502 e. The number of phenols is 1. The van der Waals surface area contributed by atoms with Crippen molar-refractivity contribution in [2.24, 2.45) is 5.73 Å². The third kappa shape index (κ3) is 6.22. The standard InChI is InChI=1S/C11H12O5.C6H6N2O/c1-15-8-5-7(3-4-10(12)13)6-9(16-2)11(8)14;7-6(9)5-2-1-3-8-4-5/h3-6,14H,1-2H3,(H,12,13);1-4H,(H2,7,9)/b4-3+;. The van der Waals surface area contributed by atoms with Gasteiger partial charge in [-0.2, -0.15) is 0 Å². The fraction of sp³-hybridized carbons (Fsp3) is 0.118. The Bertz CT molecular complexity index is 734. The summed E-state index contributed by atoms with van der Waals surface area (Å²) < 4.78 is 9.85. The number of methoxy groups -OCH3 is 2. The lowest BCUT2D eigenvalue weighted by Crippen LogP contribution is -2.10. The maximum absolute atomic E-state index is 10.4. The van der Waals surface area contributed by atoms with Crippen LogP contribution in [-0.2, 0) is 4.79 Å². The highest BCUT2D eigenvalue weighted by Crippen LogP contribution is 2.37. The van der Waals surface area contributed by atoms with Gasteiger partial charge in [0.05, 0.1) is 19.8 Å².